The van der Waals surface area contributed by atoms with Gasteiger partial charge in [-0.05, 0) is 55.5 Å². The van der Waals surface area contributed by atoms with Gasteiger partial charge in [-0.15, -0.1) is 0 Å². The van der Waals surface area contributed by atoms with Crippen LogP contribution in [0.15, 0.2) is 36.4 Å². The second-order valence-corrected chi connectivity index (χ2v) is 6.40. The maximum absolute atomic E-state index is 12.2. The Balaban J connectivity index is 1.82. The van der Waals surface area contributed by atoms with Crippen molar-refractivity contribution < 1.29 is 9.90 Å². The van der Waals surface area contributed by atoms with Crippen LogP contribution in [0.1, 0.15) is 45.1 Å². The summed E-state index contributed by atoms with van der Waals surface area (Å²) in [5.74, 6) is -0.145. The Labute approximate surface area is 142 Å². The molecule has 1 aliphatic carbocycles. The number of benzene rings is 2. The van der Waals surface area contributed by atoms with Crippen molar-refractivity contribution >= 4 is 11.6 Å². The van der Waals surface area contributed by atoms with Crippen LogP contribution in [0, 0.1) is 13.8 Å². The van der Waals surface area contributed by atoms with E-state index in [2.05, 4.69) is 35.8 Å². The largest absolute Gasteiger partial charge is 0.395 e. The van der Waals surface area contributed by atoms with E-state index in [0.717, 1.165) is 24.1 Å². The van der Waals surface area contributed by atoms with Crippen LogP contribution < -0.4 is 10.6 Å². The summed E-state index contributed by atoms with van der Waals surface area (Å²) in [5, 5.41) is 15.2. The predicted molar refractivity (Wildman–Crippen MR) is 96.5 cm³/mol. The molecular formula is C20H24N2O2. The molecule has 24 heavy (non-hydrogen) atoms. The molecule has 4 nitrogen and oxygen atoms in total. The number of rotatable bonds is 5. The summed E-state index contributed by atoms with van der Waals surface area (Å²) in [5.41, 5.74) is 6.63. The fraction of sp³-hybridized carbons (Fsp3) is 0.350. The van der Waals surface area contributed by atoms with Gasteiger partial charge in [0.05, 0.1) is 12.6 Å². The van der Waals surface area contributed by atoms with Gasteiger partial charge < -0.3 is 15.7 Å². The van der Waals surface area contributed by atoms with Crippen LogP contribution in [0.5, 0.6) is 0 Å². The van der Waals surface area contributed by atoms with Crippen molar-refractivity contribution in [2.45, 2.75) is 32.7 Å². The zero-order valence-electron chi connectivity index (χ0n) is 14.2. The molecule has 0 saturated carbocycles. The SMILES string of the molecule is Cc1ccc2c(c1)C(Nc1cccc(C(=O)NCCO)c1C)CC2. The van der Waals surface area contributed by atoms with Gasteiger partial charge in [0, 0.05) is 17.8 Å². The highest BCUT2D eigenvalue weighted by molar-refractivity contribution is 5.97. The maximum atomic E-state index is 12.2. The van der Waals surface area contributed by atoms with E-state index in [0.29, 0.717) is 5.56 Å². The normalized spacial score (nSPS) is 15.9. The Morgan fingerprint density at radius 1 is 1.25 bits per heavy atom. The zero-order chi connectivity index (χ0) is 17.1. The van der Waals surface area contributed by atoms with Gasteiger partial charge in [0.1, 0.15) is 0 Å². The summed E-state index contributed by atoms with van der Waals surface area (Å²) < 4.78 is 0. The molecule has 0 spiro atoms. The summed E-state index contributed by atoms with van der Waals surface area (Å²) >= 11 is 0. The fourth-order valence-corrected chi connectivity index (χ4v) is 3.36. The number of anilines is 1. The Morgan fingerprint density at radius 2 is 2.08 bits per heavy atom. The van der Waals surface area contributed by atoms with Crippen molar-refractivity contribution in [1.29, 1.82) is 0 Å². The van der Waals surface area contributed by atoms with E-state index in [4.69, 9.17) is 5.11 Å². The third-order valence-corrected chi connectivity index (χ3v) is 4.68. The fourth-order valence-electron chi connectivity index (χ4n) is 3.36. The van der Waals surface area contributed by atoms with Crippen molar-refractivity contribution in [2.24, 2.45) is 0 Å². The number of carbonyl (C=O) groups excluding carboxylic acids is 1. The number of fused-ring (bicyclic) bond motifs is 1. The molecule has 0 fully saturated rings. The van der Waals surface area contributed by atoms with Gasteiger partial charge in [0.25, 0.3) is 5.91 Å². The third kappa shape index (κ3) is 3.29. The molecule has 0 bridgehead atoms. The number of aliphatic hydroxyl groups excluding tert-OH is 1. The molecule has 2 aromatic rings. The predicted octanol–water partition coefficient (Wildman–Crippen LogP) is 3.12. The van der Waals surface area contributed by atoms with E-state index in [-0.39, 0.29) is 25.1 Å². The number of carbonyl (C=O) groups is 1. The average molecular weight is 324 g/mol. The van der Waals surface area contributed by atoms with E-state index < -0.39 is 0 Å². The Kier molecular flexibility index (Phi) is 4.86. The van der Waals surface area contributed by atoms with Crippen LogP contribution in [0.4, 0.5) is 5.69 Å². The molecule has 3 N–H and O–H groups in total. The van der Waals surface area contributed by atoms with Gasteiger partial charge in [-0.2, -0.15) is 0 Å². The highest BCUT2D eigenvalue weighted by Gasteiger charge is 2.23. The highest BCUT2D eigenvalue weighted by atomic mass is 16.3. The first kappa shape index (κ1) is 16.5. The van der Waals surface area contributed by atoms with E-state index >= 15 is 0 Å². The molecule has 0 aliphatic heterocycles. The summed E-state index contributed by atoms with van der Waals surface area (Å²) in [4.78, 5) is 12.2. The molecule has 4 heteroatoms. The molecule has 1 amide bonds. The molecule has 1 atom stereocenters. The van der Waals surface area contributed by atoms with E-state index in [9.17, 15) is 4.79 Å². The molecule has 0 aromatic heterocycles. The van der Waals surface area contributed by atoms with Gasteiger partial charge in [0.2, 0.25) is 0 Å². The number of aryl methyl sites for hydroxylation is 2. The second kappa shape index (κ2) is 7.05. The second-order valence-electron chi connectivity index (χ2n) is 6.40. The van der Waals surface area contributed by atoms with Crippen molar-refractivity contribution in [3.8, 4) is 0 Å². The summed E-state index contributed by atoms with van der Waals surface area (Å²) in [6.45, 7) is 4.29. The van der Waals surface area contributed by atoms with Crippen LogP contribution in [0.2, 0.25) is 0 Å². The van der Waals surface area contributed by atoms with Crippen LogP contribution in [-0.4, -0.2) is 24.2 Å². The zero-order valence-corrected chi connectivity index (χ0v) is 14.2. The molecule has 1 unspecified atom stereocenters. The minimum Gasteiger partial charge on any atom is -0.395 e. The van der Waals surface area contributed by atoms with Gasteiger partial charge in [-0.25, -0.2) is 0 Å². The van der Waals surface area contributed by atoms with E-state index in [1.807, 2.05) is 25.1 Å². The Bertz CT molecular complexity index is 755. The molecular weight excluding hydrogens is 300 g/mol. The molecule has 0 heterocycles. The number of aliphatic hydroxyl groups is 1. The number of amides is 1. The number of hydrogen-bond acceptors (Lipinski definition) is 3. The minimum absolute atomic E-state index is 0.0546. The van der Waals surface area contributed by atoms with E-state index in [1.165, 1.54) is 16.7 Å². The van der Waals surface area contributed by atoms with Crippen molar-refractivity contribution in [3.63, 3.8) is 0 Å². The van der Waals surface area contributed by atoms with Crippen molar-refractivity contribution in [1.82, 2.24) is 5.32 Å². The number of hydrogen-bond donors (Lipinski definition) is 3. The summed E-state index contributed by atoms with van der Waals surface area (Å²) in [7, 11) is 0. The van der Waals surface area contributed by atoms with Crippen LogP contribution in [-0.2, 0) is 6.42 Å². The third-order valence-electron chi connectivity index (χ3n) is 4.68. The van der Waals surface area contributed by atoms with E-state index in [1.54, 1.807) is 0 Å². The van der Waals surface area contributed by atoms with Gasteiger partial charge in [-0.3, -0.25) is 4.79 Å². The van der Waals surface area contributed by atoms with Crippen LogP contribution in [0.3, 0.4) is 0 Å². The summed E-state index contributed by atoms with van der Waals surface area (Å²) in [6.07, 6.45) is 2.15. The molecule has 2 aromatic carbocycles. The van der Waals surface area contributed by atoms with Gasteiger partial charge >= 0.3 is 0 Å². The first-order valence-corrected chi connectivity index (χ1v) is 8.45. The highest BCUT2D eigenvalue weighted by Crippen LogP contribution is 2.35. The van der Waals surface area contributed by atoms with Gasteiger partial charge in [0.15, 0.2) is 0 Å². The molecule has 1 aliphatic rings. The lowest BCUT2D eigenvalue weighted by Gasteiger charge is -2.19. The molecule has 0 radical (unpaired) electrons. The lowest BCUT2D eigenvalue weighted by Crippen LogP contribution is -2.27. The lowest BCUT2D eigenvalue weighted by atomic mass is 10.0. The molecule has 3 rings (SSSR count). The average Bonchev–Trinajstić information content (AvgIpc) is 2.96. The quantitative estimate of drug-likeness (QED) is 0.792. The maximum Gasteiger partial charge on any atom is 0.251 e. The molecule has 0 saturated heterocycles. The number of nitrogens with one attached hydrogen (secondary N) is 2. The van der Waals surface area contributed by atoms with Crippen molar-refractivity contribution in [3.05, 3.63) is 64.2 Å². The molecule has 126 valence electrons. The monoisotopic (exact) mass is 324 g/mol. The topological polar surface area (TPSA) is 61.4 Å². The van der Waals surface area contributed by atoms with Crippen LogP contribution in [0.25, 0.3) is 0 Å². The van der Waals surface area contributed by atoms with Crippen LogP contribution >= 0.6 is 0 Å². The Hall–Kier alpha value is -2.33. The van der Waals surface area contributed by atoms with Gasteiger partial charge in [-0.1, -0.05) is 29.8 Å². The smallest absolute Gasteiger partial charge is 0.251 e. The minimum atomic E-state index is -0.145. The lowest BCUT2D eigenvalue weighted by molar-refractivity contribution is 0.0944. The Morgan fingerprint density at radius 3 is 2.88 bits per heavy atom. The van der Waals surface area contributed by atoms with Crippen molar-refractivity contribution in [2.75, 3.05) is 18.5 Å². The standard InChI is InChI=1S/C20H24N2O2/c1-13-6-7-15-8-9-19(17(15)12-13)22-18-5-3-4-16(14(18)2)20(24)21-10-11-23/h3-7,12,19,22-23H,8-11H2,1-2H3,(H,21,24). The first-order valence-electron chi connectivity index (χ1n) is 8.45. The first-order chi connectivity index (χ1) is 11.6. The summed E-state index contributed by atoms with van der Waals surface area (Å²) in [6, 6.07) is 12.7.